The molecular weight excluding hydrogens is 180 g/mol. The van der Waals surface area contributed by atoms with E-state index in [1.807, 2.05) is 6.92 Å². The van der Waals surface area contributed by atoms with Crippen molar-refractivity contribution >= 4 is 19.3 Å². The van der Waals surface area contributed by atoms with Gasteiger partial charge in [-0.15, -0.1) is 0 Å². The van der Waals surface area contributed by atoms with Gasteiger partial charge in [-0.1, -0.05) is 26.6 Å². The molecule has 76 valence electrons. The summed E-state index contributed by atoms with van der Waals surface area (Å²) in [5.41, 5.74) is 0. The summed E-state index contributed by atoms with van der Waals surface area (Å²) in [4.78, 5) is 22.4. The van der Waals surface area contributed by atoms with Crippen LogP contribution in [-0.2, 0) is 9.59 Å². The Balaban J connectivity index is 3.67. The zero-order chi connectivity index (χ0) is 10.5. The second-order valence-corrected chi connectivity index (χ2v) is 9.48. The number of Topliss-reactive ketones (excluding diaryl/α,β-unsaturated/α-hetero) is 1. The van der Waals surface area contributed by atoms with E-state index in [1.54, 1.807) is 0 Å². The monoisotopic (exact) mass is 200 g/mol. The molecule has 0 aromatic carbocycles. The van der Waals surface area contributed by atoms with E-state index in [1.165, 1.54) is 0 Å². The van der Waals surface area contributed by atoms with Crippen LogP contribution in [0.3, 0.4) is 0 Å². The van der Waals surface area contributed by atoms with Crippen molar-refractivity contribution in [3.8, 4) is 0 Å². The Labute approximate surface area is 81.7 Å². The summed E-state index contributed by atoms with van der Waals surface area (Å²) in [7, 11) is -1.59. The fraction of sp³-hybridized carbons (Fsp3) is 0.800. The minimum Gasteiger partial charge on any atom is -0.305 e. The minimum absolute atomic E-state index is 0.267. The van der Waals surface area contributed by atoms with Crippen molar-refractivity contribution in [2.24, 2.45) is 0 Å². The molecule has 0 aliphatic carbocycles. The predicted molar refractivity (Wildman–Crippen MR) is 57.5 cm³/mol. The van der Waals surface area contributed by atoms with Gasteiger partial charge in [0.2, 0.25) is 0 Å². The molecule has 13 heavy (non-hydrogen) atoms. The number of hydrogen-bond acceptors (Lipinski definition) is 2. The lowest BCUT2D eigenvalue weighted by Crippen LogP contribution is -2.33. The Morgan fingerprint density at radius 3 is 2.00 bits per heavy atom. The Hall–Kier alpha value is -0.443. The lowest BCUT2D eigenvalue weighted by Gasteiger charge is -2.13. The van der Waals surface area contributed by atoms with Gasteiger partial charge >= 0.3 is 0 Å². The van der Waals surface area contributed by atoms with Crippen molar-refractivity contribution in [3.63, 3.8) is 0 Å². The third-order valence-corrected chi connectivity index (χ3v) is 4.01. The van der Waals surface area contributed by atoms with Crippen LogP contribution in [0.5, 0.6) is 0 Å². The van der Waals surface area contributed by atoms with Crippen molar-refractivity contribution in [1.82, 2.24) is 0 Å². The maximum atomic E-state index is 11.5. The Morgan fingerprint density at radius 2 is 1.62 bits per heavy atom. The number of hydrogen-bond donors (Lipinski definition) is 0. The third-order valence-electron chi connectivity index (χ3n) is 2.09. The zero-order valence-corrected chi connectivity index (χ0v) is 10.1. The van der Waals surface area contributed by atoms with Crippen LogP contribution in [0.4, 0.5) is 0 Å². The van der Waals surface area contributed by atoms with Crippen LogP contribution in [0, 0.1) is 0 Å². The normalized spacial score (nSPS) is 11.4. The molecule has 0 heterocycles. The van der Waals surface area contributed by atoms with Gasteiger partial charge in [-0.2, -0.15) is 0 Å². The second-order valence-electron chi connectivity index (χ2n) is 4.42. The zero-order valence-electron chi connectivity index (χ0n) is 9.14. The SMILES string of the molecule is CCC(=O)CCCC(=O)[Si](C)(C)C. The van der Waals surface area contributed by atoms with E-state index in [2.05, 4.69) is 19.6 Å². The molecule has 0 fully saturated rings. The summed E-state index contributed by atoms with van der Waals surface area (Å²) < 4.78 is 0. The molecule has 0 amide bonds. The van der Waals surface area contributed by atoms with Crippen molar-refractivity contribution in [1.29, 1.82) is 0 Å². The average Bonchev–Trinajstić information content (AvgIpc) is 2.02. The van der Waals surface area contributed by atoms with Crippen LogP contribution in [0.1, 0.15) is 32.6 Å². The number of carbonyl (C=O) groups excluding carboxylic acids is 2. The average molecular weight is 200 g/mol. The number of ketones is 1. The van der Waals surface area contributed by atoms with Crippen LogP contribution >= 0.6 is 0 Å². The van der Waals surface area contributed by atoms with Crippen LogP contribution in [-0.4, -0.2) is 19.3 Å². The maximum Gasteiger partial charge on any atom is 0.132 e. The minimum atomic E-state index is -1.59. The van der Waals surface area contributed by atoms with Crippen molar-refractivity contribution in [2.45, 2.75) is 52.2 Å². The Kier molecular flexibility index (Phi) is 5.14. The number of rotatable bonds is 6. The van der Waals surface area contributed by atoms with E-state index in [-0.39, 0.29) is 5.78 Å². The smallest absolute Gasteiger partial charge is 0.132 e. The molecule has 0 unspecified atom stereocenters. The molecule has 0 N–H and O–H groups in total. The Morgan fingerprint density at radius 1 is 1.08 bits per heavy atom. The van der Waals surface area contributed by atoms with Crippen LogP contribution in [0.25, 0.3) is 0 Å². The van der Waals surface area contributed by atoms with Gasteiger partial charge in [0, 0.05) is 19.3 Å². The second kappa shape index (κ2) is 5.32. The lowest BCUT2D eigenvalue weighted by molar-refractivity contribution is -0.119. The topological polar surface area (TPSA) is 34.1 Å². The molecule has 0 saturated carbocycles. The van der Waals surface area contributed by atoms with Gasteiger partial charge in [0.25, 0.3) is 0 Å². The fourth-order valence-electron chi connectivity index (χ4n) is 0.998. The molecule has 0 rings (SSSR count). The molecule has 0 atom stereocenters. The van der Waals surface area contributed by atoms with Crippen LogP contribution in [0.15, 0.2) is 0 Å². The molecule has 0 aromatic rings. The third kappa shape index (κ3) is 5.74. The standard InChI is InChI=1S/C10H20O2Si/c1-5-9(11)7-6-8-10(12)13(2,3)4/h5-8H2,1-4H3. The van der Waals surface area contributed by atoms with Gasteiger partial charge in [-0.3, -0.25) is 4.79 Å². The molecule has 0 aliphatic heterocycles. The first-order chi connectivity index (χ1) is 5.88. The van der Waals surface area contributed by atoms with E-state index in [9.17, 15) is 9.59 Å². The van der Waals surface area contributed by atoms with E-state index in [4.69, 9.17) is 0 Å². The van der Waals surface area contributed by atoms with Gasteiger partial charge < -0.3 is 4.79 Å². The van der Waals surface area contributed by atoms with Gasteiger partial charge in [-0.25, -0.2) is 0 Å². The van der Waals surface area contributed by atoms with Gasteiger partial charge in [-0.05, 0) is 6.42 Å². The van der Waals surface area contributed by atoms with Crippen molar-refractivity contribution in [2.75, 3.05) is 0 Å². The summed E-state index contributed by atoms with van der Waals surface area (Å²) in [6.45, 7) is 8.02. The van der Waals surface area contributed by atoms with Crippen molar-refractivity contribution in [3.05, 3.63) is 0 Å². The van der Waals surface area contributed by atoms with E-state index < -0.39 is 8.07 Å². The largest absolute Gasteiger partial charge is 0.305 e. The van der Waals surface area contributed by atoms with Gasteiger partial charge in [0.1, 0.15) is 19.3 Å². The first kappa shape index (κ1) is 12.6. The summed E-state index contributed by atoms with van der Waals surface area (Å²) in [5.74, 6) is 0.267. The summed E-state index contributed by atoms with van der Waals surface area (Å²) in [5, 5.41) is 0.386. The van der Waals surface area contributed by atoms with E-state index >= 15 is 0 Å². The van der Waals surface area contributed by atoms with Gasteiger partial charge in [0.05, 0.1) is 0 Å². The quantitative estimate of drug-likeness (QED) is 0.618. The molecule has 2 nitrogen and oxygen atoms in total. The highest BCUT2D eigenvalue weighted by Crippen LogP contribution is 2.09. The summed E-state index contributed by atoms with van der Waals surface area (Å²) in [6, 6.07) is 0. The predicted octanol–water partition coefficient (Wildman–Crippen LogP) is 2.58. The van der Waals surface area contributed by atoms with Crippen LogP contribution < -0.4 is 0 Å². The van der Waals surface area contributed by atoms with Crippen LogP contribution in [0.2, 0.25) is 19.6 Å². The first-order valence-corrected chi connectivity index (χ1v) is 8.43. The maximum absolute atomic E-state index is 11.5. The first-order valence-electron chi connectivity index (χ1n) is 4.93. The van der Waals surface area contributed by atoms with E-state index in [0.29, 0.717) is 24.7 Å². The molecule has 0 radical (unpaired) electrons. The summed E-state index contributed by atoms with van der Waals surface area (Å²) >= 11 is 0. The molecular formula is C10H20O2Si. The molecule has 0 bridgehead atoms. The molecule has 0 spiro atoms. The lowest BCUT2D eigenvalue weighted by atomic mass is 10.1. The molecule has 3 heteroatoms. The number of carbonyl (C=O) groups is 2. The molecule has 0 aromatic heterocycles. The fourth-order valence-corrected chi connectivity index (χ4v) is 1.92. The summed E-state index contributed by atoms with van der Waals surface area (Å²) in [6.07, 6.45) is 2.52. The Bertz CT molecular complexity index is 192. The van der Waals surface area contributed by atoms with Crippen molar-refractivity contribution < 1.29 is 9.59 Å². The molecule has 0 saturated heterocycles. The van der Waals surface area contributed by atoms with Gasteiger partial charge in [0.15, 0.2) is 0 Å². The van der Waals surface area contributed by atoms with E-state index in [0.717, 1.165) is 6.42 Å². The molecule has 0 aliphatic rings. The highest BCUT2D eigenvalue weighted by molar-refractivity contribution is 7.03. The highest BCUT2D eigenvalue weighted by Gasteiger charge is 2.22. The highest BCUT2D eigenvalue weighted by atomic mass is 28.3.